The maximum Gasteiger partial charge on any atom is 0.338 e. The van der Waals surface area contributed by atoms with Gasteiger partial charge in [-0.2, -0.15) is 0 Å². The molecule has 7 fully saturated rings. The molecule has 3 aliphatic heterocycles. The van der Waals surface area contributed by atoms with Crippen LogP contribution in [0.3, 0.4) is 0 Å². The number of fused-ring (bicyclic) bond motifs is 5. The van der Waals surface area contributed by atoms with E-state index in [0.29, 0.717) is 56.1 Å². The summed E-state index contributed by atoms with van der Waals surface area (Å²) >= 11 is 0. The summed E-state index contributed by atoms with van der Waals surface area (Å²) in [6.45, 7) is 6.57. The van der Waals surface area contributed by atoms with Crippen LogP contribution in [0.15, 0.2) is 18.2 Å². The zero-order valence-corrected chi connectivity index (χ0v) is 29.7. The van der Waals surface area contributed by atoms with E-state index in [1.807, 2.05) is 6.92 Å². The van der Waals surface area contributed by atoms with Crippen LogP contribution in [0.5, 0.6) is 11.5 Å². The lowest BCUT2D eigenvalue weighted by Gasteiger charge is -2.68. The van der Waals surface area contributed by atoms with E-state index in [2.05, 4.69) is 11.8 Å². The summed E-state index contributed by atoms with van der Waals surface area (Å²) in [4.78, 5) is 15.6. The SMILES string of the molecule is COc1ccc(C(=O)OC2CCC3(C)C4CCC5[C@]6(O)C[C@H](O)[C@@]7(O)C(CN8CC(C)CCC8[C@@]7(C)O)[C@]6(O)C[C@@]53O[C@]24O)cc1OC.Cl. The highest BCUT2D eigenvalue weighted by molar-refractivity contribution is 5.90. The van der Waals surface area contributed by atoms with Gasteiger partial charge in [0.1, 0.15) is 22.4 Å². The zero-order chi connectivity index (χ0) is 34.4. The Hall–Kier alpha value is -1.74. The lowest BCUT2D eigenvalue weighted by molar-refractivity contribution is -0.354. The van der Waals surface area contributed by atoms with E-state index < -0.39 is 81.2 Å². The second-order valence-electron chi connectivity index (χ2n) is 16.8. The van der Waals surface area contributed by atoms with Gasteiger partial charge in [0.15, 0.2) is 17.6 Å². The first-order valence-electron chi connectivity index (χ1n) is 17.6. The fourth-order valence-electron chi connectivity index (χ4n) is 12.6. The van der Waals surface area contributed by atoms with Crippen molar-refractivity contribution in [3.05, 3.63) is 23.8 Å². The van der Waals surface area contributed by atoms with Gasteiger partial charge in [-0.1, -0.05) is 13.8 Å². The van der Waals surface area contributed by atoms with E-state index in [1.165, 1.54) is 20.3 Å². The number of rotatable bonds is 4. The van der Waals surface area contributed by atoms with Gasteiger partial charge in [-0.05, 0) is 69.6 Å². The van der Waals surface area contributed by atoms with Crippen LogP contribution in [0.4, 0.5) is 0 Å². The second-order valence-corrected chi connectivity index (χ2v) is 16.8. The van der Waals surface area contributed by atoms with Gasteiger partial charge in [0.05, 0.1) is 31.5 Å². The van der Waals surface area contributed by atoms with Crippen LogP contribution < -0.4 is 9.47 Å². The Morgan fingerprint density at radius 1 is 0.898 bits per heavy atom. The highest BCUT2D eigenvalue weighted by Crippen LogP contribution is 2.78. The monoisotopic (exact) mass is 709 g/mol. The fraction of sp³-hybridized carbons (Fsp3) is 0.806. The van der Waals surface area contributed by atoms with Gasteiger partial charge in [0.25, 0.3) is 0 Å². The summed E-state index contributed by atoms with van der Waals surface area (Å²) in [7, 11) is 2.97. The Morgan fingerprint density at radius 3 is 2.29 bits per heavy atom. The van der Waals surface area contributed by atoms with Crippen molar-refractivity contribution in [2.24, 2.45) is 29.1 Å². The average Bonchev–Trinajstić information content (AvgIpc) is 3.21. The van der Waals surface area contributed by atoms with E-state index in [0.717, 1.165) is 6.42 Å². The molecule has 1 spiro atoms. The third kappa shape index (κ3) is 4.07. The molecule has 274 valence electrons. The molecule has 1 aromatic rings. The molecule has 13 heteroatoms. The third-order valence-corrected chi connectivity index (χ3v) is 14.9. The van der Waals surface area contributed by atoms with E-state index >= 15 is 0 Å². The molecular weight excluding hydrogens is 658 g/mol. The van der Waals surface area contributed by atoms with Crippen molar-refractivity contribution in [2.45, 2.75) is 124 Å². The predicted molar refractivity (Wildman–Crippen MR) is 176 cm³/mol. The first kappa shape index (κ1) is 35.7. The number of nitrogens with zero attached hydrogens (tertiary/aromatic N) is 1. The van der Waals surface area contributed by atoms with Crippen LogP contribution in [0.1, 0.15) is 82.5 Å². The number of methoxy groups -OCH3 is 2. The topological polar surface area (TPSA) is 179 Å². The number of ether oxygens (including phenoxy) is 4. The molecule has 14 atom stereocenters. The third-order valence-electron chi connectivity index (χ3n) is 14.9. The van der Waals surface area contributed by atoms with E-state index in [9.17, 15) is 35.4 Å². The first-order chi connectivity index (χ1) is 22.5. The van der Waals surface area contributed by atoms with Gasteiger partial charge in [-0.3, -0.25) is 4.90 Å². The number of carbonyl (C=O) groups excluding carboxylic acids is 1. The van der Waals surface area contributed by atoms with E-state index in [4.69, 9.17) is 18.9 Å². The standard InChI is InChI=1S/C36H51NO11.ClH/c1-19-6-11-26-31(3,40)35(43)25(17-37(26)16-19)33(42)18-34-24(32(33,41)15-27(35)38)10-9-23-30(34,2)13-12-28(36(23,44)48-34)47-29(39)20-7-8-21(45-4)22(14-20)46-5;/h7-8,14,19,23-28,38,40-44H,6,9-13,15-18H2,1-5H3;1H/t19?,23?,24?,25?,26?,27-,28?,30?,31+,32+,33+,34+,35-,36-;/m0./s1. The first-order valence-corrected chi connectivity index (χ1v) is 17.6. The maximum absolute atomic E-state index is 13.5. The Labute approximate surface area is 293 Å². The highest BCUT2D eigenvalue weighted by Gasteiger charge is 2.88. The molecule has 49 heavy (non-hydrogen) atoms. The van der Waals surface area contributed by atoms with Crippen LogP contribution in [0, 0.1) is 29.1 Å². The molecule has 0 amide bonds. The summed E-state index contributed by atoms with van der Waals surface area (Å²) < 4.78 is 23.5. The van der Waals surface area contributed by atoms with Crippen molar-refractivity contribution in [3.8, 4) is 11.5 Å². The number of halogens is 1. The van der Waals surface area contributed by atoms with Crippen LogP contribution in [0.2, 0.25) is 0 Å². The predicted octanol–water partition coefficient (Wildman–Crippen LogP) is 1.78. The molecule has 0 radical (unpaired) electrons. The van der Waals surface area contributed by atoms with Crippen molar-refractivity contribution in [2.75, 3.05) is 27.3 Å². The number of piperidine rings is 2. The number of carbonyl (C=O) groups is 1. The molecule has 3 saturated heterocycles. The highest BCUT2D eigenvalue weighted by atomic mass is 35.5. The quantitative estimate of drug-likeness (QED) is 0.250. The number of aliphatic hydroxyl groups is 6. The molecule has 4 bridgehead atoms. The van der Waals surface area contributed by atoms with Crippen molar-refractivity contribution in [1.82, 2.24) is 4.90 Å². The number of hydrogen-bond acceptors (Lipinski definition) is 12. The zero-order valence-electron chi connectivity index (χ0n) is 28.9. The molecule has 4 aliphatic carbocycles. The molecule has 3 heterocycles. The summed E-state index contributed by atoms with van der Waals surface area (Å²) in [6, 6.07) is 4.28. The van der Waals surface area contributed by atoms with Crippen molar-refractivity contribution < 1.29 is 54.4 Å². The summed E-state index contributed by atoms with van der Waals surface area (Å²) in [5.74, 6) is -3.63. The molecular formula is C36H52ClNO11. The van der Waals surface area contributed by atoms with Gasteiger partial charge in [0.2, 0.25) is 5.79 Å². The second kappa shape index (κ2) is 10.9. The Balaban J connectivity index is 0.00000378. The van der Waals surface area contributed by atoms with Gasteiger partial charge in [-0.15, -0.1) is 12.4 Å². The minimum absolute atomic E-state index is 0. The summed E-state index contributed by atoms with van der Waals surface area (Å²) in [5.41, 5.74) is -9.44. The molecule has 8 rings (SSSR count). The molecule has 7 unspecified atom stereocenters. The Bertz CT molecular complexity index is 1530. The molecule has 7 aliphatic rings. The molecule has 4 saturated carbocycles. The van der Waals surface area contributed by atoms with Crippen LogP contribution in [-0.4, -0.2) is 121 Å². The van der Waals surface area contributed by atoms with Gasteiger partial charge < -0.3 is 49.6 Å². The molecule has 1 aromatic carbocycles. The van der Waals surface area contributed by atoms with Crippen LogP contribution in [-0.2, 0) is 9.47 Å². The van der Waals surface area contributed by atoms with Gasteiger partial charge >= 0.3 is 5.97 Å². The van der Waals surface area contributed by atoms with Crippen molar-refractivity contribution >= 4 is 18.4 Å². The largest absolute Gasteiger partial charge is 0.493 e. The Kier molecular flexibility index (Phi) is 7.93. The van der Waals surface area contributed by atoms with Crippen LogP contribution >= 0.6 is 12.4 Å². The lowest BCUT2D eigenvalue weighted by Crippen LogP contribution is -2.85. The van der Waals surface area contributed by atoms with Crippen molar-refractivity contribution in [1.29, 1.82) is 0 Å². The summed E-state index contributed by atoms with van der Waals surface area (Å²) in [6.07, 6.45) is 0.172. The van der Waals surface area contributed by atoms with Crippen LogP contribution in [0.25, 0.3) is 0 Å². The molecule has 6 N–H and O–H groups in total. The van der Waals surface area contributed by atoms with Crippen molar-refractivity contribution in [3.63, 3.8) is 0 Å². The van der Waals surface area contributed by atoms with Gasteiger partial charge in [0, 0.05) is 55.1 Å². The minimum Gasteiger partial charge on any atom is -0.493 e. The molecule has 0 aromatic heterocycles. The lowest BCUT2D eigenvalue weighted by atomic mass is 9.49. The molecule has 12 nitrogen and oxygen atoms in total. The number of benzene rings is 1. The summed E-state index contributed by atoms with van der Waals surface area (Å²) in [5, 5.41) is 74.7. The number of hydrogen-bond donors (Lipinski definition) is 6. The smallest absolute Gasteiger partial charge is 0.338 e. The van der Waals surface area contributed by atoms with Gasteiger partial charge in [-0.25, -0.2) is 4.79 Å². The normalized spacial score (nSPS) is 52.5. The van der Waals surface area contributed by atoms with E-state index in [-0.39, 0.29) is 37.4 Å². The minimum atomic E-state index is -2.10. The Morgan fingerprint density at radius 2 is 1.59 bits per heavy atom. The fourth-order valence-corrected chi connectivity index (χ4v) is 12.6. The maximum atomic E-state index is 13.5. The number of esters is 1. The van der Waals surface area contributed by atoms with E-state index in [1.54, 1.807) is 19.1 Å². The average molecular weight is 710 g/mol. The number of aliphatic hydroxyl groups excluding tert-OH is 1.